The van der Waals surface area contributed by atoms with E-state index in [1.165, 1.54) is 6.07 Å². The molecule has 3 rings (SSSR count). The van der Waals surface area contributed by atoms with E-state index in [0.29, 0.717) is 25.2 Å². The van der Waals surface area contributed by atoms with E-state index in [0.717, 1.165) is 28.2 Å². The summed E-state index contributed by atoms with van der Waals surface area (Å²) in [4.78, 5) is 1.16. The summed E-state index contributed by atoms with van der Waals surface area (Å²) in [5.74, 6) is -0.162. The Kier molecular flexibility index (Phi) is 4.31. The lowest BCUT2D eigenvalue weighted by Crippen LogP contribution is -2.35. The van der Waals surface area contributed by atoms with Gasteiger partial charge in [-0.05, 0) is 18.7 Å². The van der Waals surface area contributed by atoms with Crippen LogP contribution in [0.2, 0.25) is 0 Å². The minimum Gasteiger partial charge on any atom is -0.376 e. The first kappa shape index (κ1) is 13.9. The molecule has 1 aliphatic rings. The van der Waals surface area contributed by atoms with Gasteiger partial charge in [-0.15, -0.1) is 11.3 Å². The van der Waals surface area contributed by atoms with E-state index in [9.17, 15) is 4.39 Å². The normalized spacial score (nSPS) is 15.7. The molecule has 0 radical (unpaired) electrons. The number of halogens is 1. The van der Waals surface area contributed by atoms with Gasteiger partial charge in [0, 0.05) is 27.1 Å². The average Bonchev–Trinajstić information content (AvgIpc) is 2.74. The van der Waals surface area contributed by atoms with Gasteiger partial charge in [0.05, 0.1) is 19.8 Å². The second-order valence-electron chi connectivity index (χ2n) is 4.87. The summed E-state index contributed by atoms with van der Waals surface area (Å²) in [5.41, 5.74) is 0.982. The van der Waals surface area contributed by atoms with Gasteiger partial charge in [0.2, 0.25) is 0 Å². The Labute approximate surface area is 121 Å². The molecule has 1 saturated heterocycles. The topological polar surface area (TPSA) is 30.5 Å². The Hall–Kier alpha value is -1.01. The minimum absolute atomic E-state index is 0.156. The zero-order valence-corrected chi connectivity index (χ0v) is 12.3. The summed E-state index contributed by atoms with van der Waals surface area (Å²) >= 11 is 1.64. The van der Waals surface area contributed by atoms with Gasteiger partial charge in [0.25, 0.3) is 0 Å². The van der Waals surface area contributed by atoms with Gasteiger partial charge in [0.15, 0.2) is 0 Å². The number of hydrogen-bond donors (Lipinski definition) is 1. The SMILES string of the molecule is CCNCc1sc2cccc(F)c2c1COC1COC1. The van der Waals surface area contributed by atoms with E-state index in [1.807, 2.05) is 6.07 Å². The fraction of sp³-hybridized carbons (Fsp3) is 0.467. The highest BCUT2D eigenvalue weighted by Crippen LogP contribution is 2.34. The third-order valence-corrected chi connectivity index (χ3v) is 4.65. The minimum atomic E-state index is -0.162. The van der Waals surface area contributed by atoms with Gasteiger partial charge >= 0.3 is 0 Å². The van der Waals surface area contributed by atoms with Crippen LogP contribution in [0.1, 0.15) is 17.4 Å². The molecule has 0 bridgehead atoms. The standard InChI is InChI=1S/C15H18FNO2S/c1-2-17-6-14-11(9-19-10-7-18-8-10)15-12(16)4-3-5-13(15)20-14/h3-5,10,17H,2,6-9H2,1H3. The number of fused-ring (bicyclic) bond motifs is 1. The molecule has 108 valence electrons. The number of ether oxygens (including phenoxy) is 2. The van der Waals surface area contributed by atoms with E-state index in [4.69, 9.17) is 9.47 Å². The molecule has 0 unspecified atom stereocenters. The Morgan fingerprint density at radius 1 is 1.45 bits per heavy atom. The molecule has 3 nitrogen and oxygen atoms in total. The Morgan fingerprint density at radius 3 is 3.00 bits per heavy atom. The van der Waals surface area contributed by atoms with Crippen LogP contribution in [0.25, 0.3) is 10.1 Å². The first-order valence-corrected chi connectivity index (χ1v) is 7.70. The summed E-state index contributed by atoms with van der Waals surface area (Å²) in [5, 5.41) is 4.02. The van der Waals surface area contributed by atoms with Gasteiger partial charge in [-0.1, -0.05) is 13.0 Å². The Bertz CT molecular complexity index is 595. The molecule has 1 N–H and O–H groups in total. The van der Waals surface area contributed by atoms with Crippen molar-refractivity contribution in [2.45, 2.75) is 26.2 Å². The van der Waals surface area contributed by atoms with E-state index in [2.05, 4.69) is 12.2 Å². The Balaban J connectivity index is 1.90. The molecule has 0 atom stereocenters. The molecule has 1 aromatic heterocycles. The predicted octanol–water partition coefficient (Wildman–Crippen LogP) is 3.07. The second-order valence-corrected chi connectivity index (χ2v) is 6.00. The maximum atomic E-state index is 14.1. The summed E-state index contributed by atoms with van der Waals surface area (Å²) in [6, 6.07) is 5.24. The molecule has 0 spiro atoms. The molecule has 1 fully saturated rings. The lowest BCUT2D eigenvalue weighted by molar-refractivity contribution is -0.135. The summed E-state index contributed by atoms with van der Waals surface area (Å²) in [7, 11) is 0. The van der Waals surface area contributed by atoms with Crippen molar-refractivity contribution in [3.05, 3.63) is 34.5 Å². The van der Waals surface area contributed by atoms with Crippen LogP contribution in [0.15, 0.2) is 18.2 Å². The smallest absolute Gasteiger partial charge is 0.132 e. The molecule has 1 aliphatic heterocycles. The number of benzene rings is 1. The maximum Gasteiger partial charge on any atom is 0.132 e. The Morgan fingerprint density at radius 2 is 2.30 bits per heavy atom. The number of rotatable bonds is 6. The summed E-state index contributed by atoms with van der Waals surface area (Å²) in [6.07, 6.45) is 0.156. The molecule has 1 aromatic carbocycles. The second kappa shape index (κ2) is 6.18. The van der Waals surface area contributed by atoms with Crippen molar-refractivity contribution in [1.29, 1.82) is 0 Å². The van der Waals surface area contributed by atoms with Crippen molar-refractivity contribution in [3.8, 4) is 0 Å². The number of thiophene rings is 1. The molecule has 0 amide bonds. The lowest BCUT2D eigenvalue weighted by Gasteiger charge is -2.26. The molecule has 2 aromatic rings. The van der Waals surface area contributed by atoms with Gasteiger partial charge in [-0.3, -0.25) is 0 Å². The fourth-order valence-electron chi connectivity index (χ4n) is 2.26. The van der Waals surface area contributed by atoms with Crippen LogP contribution in [0.5, 0.6) is 0 Å². The van der Waals surface area contributed by atoms with Crippen molar-refractivity contribution in [2.75, 3.05) is 19.8 Å². The van der Waals surface area contributed by atoms with Gasteiger partial charge in [-0.2, -0.15) is 0 Å². The average molecular weight is 295 g/mol. The van der Waals surface area contributed by atoms with Crippen LogP contribution in [0.3, 0.4) is 0 Å². The third-order valence-electron chi connectivity index (χ3n) is 3.45. The van der Waals surface area contributed by atoms with E-state index >= 15 is 0 Å². The van der Waals surface area contributed by atoms with Gasteiger partial charge < -0.3 is 14.8 Å². The first-order valence-electron chi connectivity index (χ1n) is 6.88. The fourth-order valence-corrected chi connectivity index (χ4v) is 3.45. The van der Waals surface area contributed by atoms with Crippen molar-refractivity contribution in [1.82, 2.24) is 5.32 Å². The molecular formula is C15H18FNO2S. The van der Waals surface area contributed by atoms with Crippen molar-refractivity contribution < 1.29 is 13.9 Å². The zero-order valence-electron chi connectivity index (χ0n) is 11.4. The van der Waals surface area contributed by atoms with Crippen LogP contribution in [0.4, 0.5) is 4.39 Å². The van der Waals surface area contributed by atoms with Crippen LogP contribution in [-0.2, 0) is 22.6 Å². The zero-order chi connectivity index (χ0) is 13.9. The quantitative estimate of drug-likeness (QED) is 0.888. The summed E-state index contributed by atoms with van der Waals surface area (Å²) in [6.45, 7) is 5.47. The number of nitrogens with one attached hydrogen (secondary N) is 1. The van der Waals surface area contributed by atoms with Gasteiger partial charge in [-0.25, -0.2) is 4.39 Å². The van der Waals surface area contributed by atoms with Gasteiger partial charge in [0.1, 0.15) is 11.9 Å². The third kappa shape index (κ3) is 2.72. The molecule has 0 saturated carbocycles. The molecular weight excluding hydrogens is 277 g/mol. The first-order chi connectivity index (χ1) is 9.79. The largest absolute Gasteiger partial charge is 0.376 e. The maximum absolute atomic E-state index is 14.1. The van der Waals surface area contributed by atoms with Crippen LogP contribution >= 0.6 is 11.3 Å². The number of hydrogen-bond acceptors (Lipinski definition) is 4. The van der Waals surface area contributed by atoms with E-state index < -0.39 is 0 Å². The highest BCUT2D eigenvalue weighted by atomic mass is 32.1. The van der Waals surface area contributed by atoms with Crippen LogP contribution in [0, 0.1) is 5.82 Å². The molecule has 5 heteroatoms. The van der Waals surface area contributed by atoms with Crippen LogP contribution in [-0.4, -0.2) is 25.9 Å². The van der Waals surface area contributed by atoms with Crippen LogP contribution < -0.4 is 5.32 Å². The highest BCUT2D eigenvalue weighted by molar-refractivity contribution is 7.19. The van der Waals surface area contributed by atoms with Crippen molar-refractivity contribution >= 4 is 21.4 Å². The van der Waals surface area contributed by atoms with Crippen molar-refractivity contribution in [3.63, 3.8) is 0 Å². The highest BCUT2D eigenvalue weighted by Gasteiger charge is 2.21. The molecule has 0 aliphatic carbocycles. The summed E-state index contributed by atoms with van der Waals surface area (Å²) < 4.78 is 26.0. The predicted molar refractivity (Wildman–Crippen MR) is 78.6 cm³/mol. The van der Waals surface area contributed by atoms with Crippen molar-refractivity contribution in [2.24, 2.45) is 0 Å². The lowest BCUT2D eigenvalue weighted by atomic mass is 10.1. The monoisotopic (exact) mass is 295 g/mol. The van der Waals surface area contributed by atoms with E-state index in [-0.39, 0.29) is 11.9 Å². The van der Waals surface area contributed by atoms with E-state index in [1.54, 1.807) is 17.4 Å². The molecule has 20 heavy (non-hydrogen) atoms. The molecule has 2 heterocycles.